The third kappa shape index (κ3) is 3.68. The minimum absolute atomic E-state index is 0.773. The Balaban J connectivity index is 2.03. The maximum Gasteiger partial charge on any atom is 0.227 e. The Labute approximate surface area is 114 Å². The van der Waals surface area contributed by atoms with Gasteiger partial charge in [-0.3, -0.25) is 0 Å². The molecule has 1 aromatic carbocycles. The van der Waals surface area contributed by atoms with Crippen LogP contribution < -0.4 is 10.2 Å². The second-order valence-electron chi connectivity index (χ2n) is 4.25. The molecule has 0 amide bonds. The van der Waals surface area contributed by atoms with Gasteiger partial charge in [0.2, 0.25) is 5.95 Å². The number of rotatable bonds is 6. The van der Waals surface area contributed by atoms with Crippen LogP contribution in [0, 0.1) is 0 Å². The minimum atomic E-state index is 0.773. The molecule has 4 nitrogen and oxygen atoms in total. The van der Waals surface area contributed by atoms with E-state index >= 15 is 0 Å². The minimum Gasteiger partial charge on any atom is -0.366 e. The topological polar surface area (TPSA) is 41.1 Å². The quantitative estimate of drug-likeness (QED) is 0.862. The lowest BCUT2D eigenvalue weighted by Gasteiger charge is -2.18. The highest BCUT2D eigenvalue weighted by molar-refractivity contribution is 5.41. The van der Waals surface area contributed by atoms with E-state index in [0.29, 0.717) is 0 Å². The molecule has 2 rings (SSSR count). The van der Waals surface area contributed by atoms with Crippen LogP contribution in [0.15, 0.2) is 42.6 Å². The third-order valence-corrected chi connectivity index (χ3v) is 3.01. The lowest BCUT2D eigenvalue weighted by molar-refractivity contribution is 0.821. The van der Waals surface area contributed by atoms with Crippen LogP contribution >= 0.6 is 0 Å². The van der Waals surface area contributed by atoms with Crippen LogP contribution in [0.5, 0.6) is 0 Å². The molecule has 0 unspecified atom stereocenters. The van der Waals surface area contributed by atoms with Crippen molar-refractivity contribution in [2.75, 3.05) is 23.3 Å². The lowest BCUT2D eigenvalue weighted by Crippen LogP contribution is -2.24. The molecule has 0 aliphatic heterocycles. The number of hydrogen-bond donors (Lipinski definition) is 1. The Morgan fingerprint density at radius 2 is 1.79 bits per heavy atom. The van der Waals surface area contributed by atoms with E-state index in [1.165, 1.54) is 5.56 Å². The number of nitrogens with one attached hydrogen (secondary N) is 1. The Hall–Kier alpha value is -2.10. The summed E-state index contributed by atoms with van der Waals surface area (Å²) in [7, 11) is 0. The maximum atomic E-state index is 4.53. The van der Waals surface area contributed by atoms with Crippen LogP contribution in [0.3, 0.4) is 0 Å². The average Bonchev–Trinajstić information content (AvgIpc) is 2.48. The standard InChI is InChI=1S/C15H20N4/c1-3-19(4-2)15-16-11-10-14(18-15)17-12-13-8-6-5-7-9-13/h5-11H,3-4,12H2,1-2H3,(H,16,17,18). The Bertz CT molecular complexity index is 495. The van der Waals surface area contributed by atoms with Gasteiger partial charge in [-0.25, -0.2) is 4.98 Å². The molecule has 2 aromatic rings. The first kappa shape index (κ1) is 13.3. The molecule has 0 aliphatic carbocycles. The van der Waals surface area contributed by atoms with Crippen LogP contribution in [-0.2, 0) is 6.54 Å². The predicted molar refractivity (Wildman–Crippen MR) is 79.4 cm³/mol. The number of anilines is 2. The molecular formula is C15H20N4. The zero-order valence-electron chi connectivity index (χ0n) is 11.5. The van der Waals surface area contributed by atoms with E-state index in [1.54, 1.807) is 6.20 Å². The summed E-state index contributed by atoms with van der Waals surface area (Å²) in [6.07, 6.45) is 1.80. The first-order valence-electron chi connectivity index (χ1n) is 6.69. The van der Waals surface area contributed by atoms with E-state index in [4.69, 9.17) is 0 Å². The largest absolute Gasteiger partial charge is 0.366 e. The fourth-order valence-corrected chi connectivity index (χ4v) is 1.89. The molecule has 19 heavy (non-hydrogen) atoms. The average molecular weight is 256 g/mol. The highest BCUT2D eigenvalue weighted by Crippen LogP contribution is 2.11. The summed E-state index contributed by atoms with van der Waals surface area (Å²) in [4.78, 5) is 11.0. The maximum absolute atomic E-state index is 4.53. The van der Waals surface area contributed by atoms with Gasteiger partial charge in [0.25, 0.3) is 0 Å². The molecule has 0 atom stereocenters. The SMILES string of the molecule is CCN(CC)c1nccc(NCc2ccccc2)n1. The summed E-state index contributed by atoms with van der Waals surface area (Å²) in [5, 5.41) is 3.33. The molecule has 1 N–H and O–H groups in total. The molecule has 0 bridgehead atoms. The molecule has 0 aliphatic rings. The van der Waals surface area contributed by atoms with Crippen LogP contribution in [0.1, 0.15) is 19.4 Å². The molecule has 4 heteroatoms. The van der Waals surface area contributed by atoms with Gasteiger partial charge >= 0.3 is 0 Å². The number of aromatic nitrogens is 2. The fraction of sp³-hybridized carbons (Fsp3) is 0.333. The van der Waals surface area contributed by atoms with Crippen molar-refractivity contribution in [3.05, 3.63) is 48.2 Å². The molecular weight excluding hydrogens is 236 g/mol. The van der Waals surface area contributed by atoms with Gasteiger partial charge in [0.15, 0.2) is 0 Å². The predicted octanol–water partition coefficient (Wildman–Crippen LogP) is 2.93. The van der Waals surface area contributed by atoms with Gasteiger partial charge in [0.1, 0.15) is 5.82 Å². The Kier molecular flexibility index (Phi) is 4.72. The van der Waals surface area contributed by atoms with Crippen LogP contribution in [0.25, 0.3) is 0 Å². The summed E-state index contributed by atoms with van der Waals surface area (Å²) < 4.78 is 0. The smallest absolute Gasteiger partial charge is 0.227 e. The normalized spacial score (nSPS) is 10.2. The van der Waals surface area contributed by atoms with Crippen molar-refractivity contribution in [1.82, 2.24) is 9.97 Å². The third-order valence-electron chi connectivity index (χ3n) is 3.01. The Morgan fingerprint density at radius 1 is 1.05 bits per heavy atom. The van der Waals surface area contributed by atoms with Crippen molar-refractivity contribution in [2.45, 2.75) is 20.4 Å². The Morgan fingerprint density at radius 3 is 2.47 bits per heavy atom. The van der Waals surface area contributed by atoms with Gasteiger partial charge in [-0.1, -0.05) is 30.3 Å². The van der Waals surface area contributed by atoms with Crippen molar-refractivity contribution in [1.29, 1.82) is 0 Å². The van der Waals surface area contributed by atoms with E-state index in [9.17, 15) is 0 Å². The van der Waals surface area contributed by atoms with Crippen LogP contribution in [0.4, 0.5) is 11.8 Å². The van der Waals surface area contributed by atoms with Crippen LogP contribution in [-0.4, -0.2) is 23.1 Å². The number of nitrogens with zero attached hydrogens (tertiary/aromatic N) is 3. The summed E-state index contributed by atoms with van der Waals surface area (Å²) in [5.74, 6) is 1.64. The summed E-state index contributed by atoms with van der Waals surface area (Å²) in [5.41, 5.74) is 1.24. The fourth-order valence-electron chi connectivity index (χ4n) is 1.89. The number of hydrogen-bond acceptors (Lipinski definition) is 4. The van der Waals surface area contributed by atoms with E-state index in [0.717, 1.165) is 31.4 Å². The van der Waals surface area contributed by atoms with Crippen molar-refractivity contribution >= 4 is 11.8 Å². The van der Waals surface area contributed by atoms with Gasteiger partial charge < -0.3 is 10.2 Å². The molecule has 1 heterocycles. The van der Waals surface area contributed by atoms with E-state index < -0.39 is 0 Å². The van der Waals surface area contributed by atoms with Crippen molar-refractivity contribution in [2.24, 2.45) is 0 Å². The second kappa shape index (κ2) is 6.73. The zero-order valence-corrected chi connectivity index (χ0v) is 11.5. The van der Waals surface area contributed by atoms with Crippen molar-refractivity contribution in [3.8, 4) is 0 Å². The highest BCUT2D eigenvalue weighted by Gasteiger charge is 2.05. The van der Waals surface area contributed by atoms with E-state index in [2.05, 4.69) is 46.2 Å². The van der Waals surface area contributed by atoms with E-state index in [-0.39, 0.29) is 0 Å². The summed E-state index contributed by atoms with van der Waals surface area (Å²) >= 11 is 0. The van der Waals surface area contributed by atoms with Gasteiger partial charge in [-0.15, -0.1) is 0 Å². The molecule has 1 aromatic heterocycles. The molecule has 0 spiro atoms. The molecule has 0 radical (unpaired) electrons. The van der Waals surface area contributed by atoms with Crippen LogP contribution in [0.2, 0.25) is 0 Å². The summed E-state index contributed by atoms with van der Waals surface area (Å²) in [6, 6.07) is 12.2. The molecule has 0 saturated heterocycles. The van der Waals surface area contributed by atoms with Crippen molar-refractivity contribution < 1.29 is 0 Å². The number of benzene rings is 1. The first-order chi connectivity index (χ1) is 9.33. The molecule has 100 valence electrons. The highest BCUT2D eigenvalue weighted by atomic mass is 15.3. The molecule has 0 saturated carbocycles. The second-order valence-corrected chi connectivity index (χ2v) is 4.25. The van der Waals surface area contributed by atoms with Gasteiger partial charge in [-0.05, 0) is 25.5 Å². The zero-order chi connectivity index (χ0) is 13.5. The van der Waals surface area contributed by atoms with Gasteiger partial charge in [0.05, 0.1) is 0 Å². The lowest BCUT2D eigenvalue weighted by atomic mass is 10.2. The first-order valence-corrected chi connectivity index (χ1v) is 6.69. The van der Waals surface area contributed by atoms with E-state index in [1.807, 2.05) is 24.3 Å². The summed E-state index contributed by atoms with van der Waals surface area (Å²) in [6.45, 7) is 6.82. The van der Waals surface area contributed by atoms with Gasteiger partial charge in [0, 0.05) is 25.8 Å². The molecule has 0 fully saturated rings. The van der Waals surface area contributed by atoms with Gasteiger partial charge in [-0.2, -0.15) is 4.98 Å². The van der Waals surface area contributed by atoms with Crippen molar-refractivity contribution in [3.63, 3.8) is 0 Å². The monoisotopic (exact) mass is 256 g/mol.